The minimum Gasteiger partial charge on any atom is -0.325 e. The molecule has 0 bridgehead atoms. The highest BCUT2D eigenvalue weighted by atomic mass is 79.9. The zero-order valence-corrected chi connectivity index (χ0v) is 15.3. The molecule has 126 valence electrons. The Hall–Kier alpha value is -1.86. The van der Waals surface area contributed by atoms with Gasteiger partial charge in [-0.1, -0.05) is 12.1 Å². The number of hydrogen-bond acceptors (Lipinski definition) is 3. The van der Waals surface area contributed by atoms with Crippen molar-refractivity contribution in [1.82, 2.24) is 0 Å². The highest BCUT2D eigenvalue weighted by molar-refractivity contribution is 9.10. The van der Waals surface area contributed by atoms with Crippen LogP contribution in [0.1, 0.15) is 5.56 Å². The van der Waals surface area contributed by atoms with Crippen LogP contribution in [0.2, 0.25) is 0 Å². The quantitative estimate of drug-likeness (QED) is 0.749. The van der Waals surface area contributed by atoms with Crippen molar-refractivity contribution in [3.05, 3.63) is 58.3 Å². The molecule has 0 radical (unpaired) electrons. The van der Waals surface area contributed by atoms with E-state index in [1.807, 2.05) is 31.2 Å². The second kappa shape index (κ2) is 8.84. The van der Waals surface area contributed by atoms with E-state index in [4.69, 9.17) is 0 Å². The van der Waals surface area contributed by atoms with Crippen molar-refractivity contribution in [1.29, 1.82) is 0 Å². The van der Waals surface area contributed by atoms with Crippen molar-refractivity contribution < 1.29 is 14.0 Å². The van der Waals surface area contributed by atoms with Crippen molar-refractivity contribution in [2.75, 3.05) is 22.1 Å². The molecule has 7 heteroatoms. The van der Waals surface area contributed by atoms with Gasteiger partial charge in [-0.3, -0.25) is 9.59 Å². The first kappa shape index (κ1) is 18.5. The Morgan fingerprint density at radius 1 is 1.08 bits per heavy atom. The number of hydrogen-bond donors (Lipinski definition) is 2. The molecule has 0 aliphatic heterocycles. The van der Waals surface area contributed by atoms with Crippen LogP contribution in [0.25, 0.3) is 0 Å². The molecular formula is C17H16BrFN2O2S. The predicted octanol–water partition coefficient (Wildman–Crippen LogP) is 4.21. The number of aryl methyl sites for hydroxylation is 1. The molecule has 2 rings (SSSR count). The lowest BCUT2D eigenvalue weighted by atomic mass is 10.2. The molecule has 0 unspecified atom stereocenters. The number of thioether (sulfide) groups is 1. The molecule has 24 heavy (non-hydrogen) atoms. The summed E-state index contributed by atoms with van der Waals surface area (Å²) in [6, 6.07) is 11.5. The van der Waals surface area contributed by atoms with Gasteiger partial charge in [-0.25, -0.2) is 4.39 Å². The van der Waals surface area contributed by atoms with Crippen LogP contribution < -0.4 is 10.6 Å². The van der Waals surface area contributed by atoms with Crippen molar-refractivity contribution in [2.45, 2.75) is 6.92 Å². The number of halogens is 2. The molecule has 4 nitrogen and oxygen atoms in total. The fraction of sp³-hybridized carbons (Fsp3) is 0.176. The van der Waals surface area contributed by atoms with Crippen LogP contribution in [0.5, 0.6) is 0 Å². The van der Waals surface area contributed by atoms with Crippen LogP contribution in [-0.2, 0) is 9.59 Å². The van der Waals surface area contributed by atoms with E-state index in [2.05, 4.69) is 26.6 Å². The Bertz CT molecular complexity index is 755. The molecule has 2 amide bonds. The maximum atomic E-state index is 13.0. The normalized spacial score (nSPS) is 10.3. The topological polar surface area (TPSA) is 58.2 Å². The van der Waals surface area contributed by atoms with Crippen molar-refractivity contribution >= 4 is 50.9 Å². The molecule has 2 aromatic rings. The summed E-state index contributed by atoms with van der Waals surface area (Å²) in [5.41, 5.74) is 2.29. The Labute approximate surface area is 152 Å². The van der Waals surface area contributed by atoms with Crippen LogP contribution in [0.3, 0.4) is 0 Å². The molecule has 0 saturated heterocycles. The fourth-order valence-electron chi connectivity index (χ4n) is 1.93. The molecule has 0 spiro atoms. The lowest BCUT2D eigenvalue weighted by molar-refractivity contribution is -0.114. The van der Waals surface area contributed by atoms with Crippen LogP contribution in [0.4, 0.5) is 15.8 Å². The molecule has 0 fully saturated rings. The van der Waals surface area contributed by atoms with Crippen LogP contribution in [-0.4, -0.2) is 23.3 Å². The maximum absolute atomic E-state index is 13.0. The van der Waals surface area contributed by atoms with Gasteiger partial charge < -0.3 is 10.6 Å². The van der Waals surface area contributed by atoms with Gasteiger partial charge in [0.05, 0.1) is 17.2 Å². The highest BCUT2D eigenvalue weighted by Gasteiger charge is 2.09. The lowest BCUT2D eigenvalue weighted by Gasteiger charge is -2.08. The summed E-state index contributed by atoms with van der Waals surface area (Å²) in [5.74, 6) is -0.504. The summed E-state index contributed by atoms with van der Waals surface area (Å²) in [6.07, 6.45) is 0. The summed E-state index contributed by atoms with van der Waals surface area (Å²) in [4.78, 5) is 23.7. The Balaban J connectivity index is 1.75. The van der Waals surface area contributed by atoms with Gasteiger partial charge in [-0.05, 0) is 58.7 Å². The number of amides is 2. The summed E-state index contributed by atoms with van der Waals surface area (Å²) >= 11 is 4.39. The van der Waals surface area contributed by atoms with Crippen molar-refractivity contribution in [3.63, 3.8) is 0 Å². The van der Waals surface area contributed by atoms with E-state index >= 15 is 0 Å². The van der Waals surface area contributed by atoms with Crippen molar-refractivity contribution in [3.8, 4) is 0 Å². The van der Waals surface area contributed by atoms with Crippen LogP contribution in [0, 0.1) is 12.7 Å². The molecule has 0 aliphatic carbocycles. The first-order valence-electron chi connectivity index (χ1n) is 7.13. The second-order valence-corrected chi connectivity index (χ2v) is 6.92. The third-order valence-electron chi connectivity index (χ3n) is 2.97. The molecule has 2 aromatic carbocycles. The smallest absolute Gasteiger partial charge is 0.234 e. The molecule has 0 aromatic heterocycles. The third kappa shape index (κ3) is 5.98. The van der Waals surface area contributed by atoms with Gasteiger partial charge in [0.15, 0.2) is 0 Å². The maximum Gasteiger partial charge on any atom is 0.234 e. The SMILES string of the molecule is Cc1cccc(NC(=O)CSCC(=O)Nc2ccc(F)cc2Br)c1. The van der Waals surface area contributed by atoms with E-state index in [0.717, 1.165) is 11.3 Å². The zero-order chi connectivity index (χ0) is 17.5. The molecule has 0 aliphatic rings. The number of anilines is 2. The molecule has 0 saturated carbocycles. The van der Waals surface area contributed by atoms with E-state index in [9.17, 15) is 14.0 Å². The number of rotatable bonds is 6. The van der Waals surface area contributed by atoms with Gasteiger partial charge >= 0.3 is 0 Å². The fourth-order valence-corrected chi connectivity index (χ4v) is 3.00. The predicted molar refractivity (Wildman–Crippen MR) is 99.9 cm³/mol. The minimum atomic E-state index is -0.387. The van der Waals surface area contributed by atoms with Gasteiger partial charge in [0.2, 0.25) is 11.8 Å². The van der Waals surface area contributed by atoms with Gasteiger partial charge in [0, 0.05) is 10.2 Å². The average molecular weight is 411 g/mol. The zero-order valence-electron chi connectivity index (χ0n) is 12.9. The highest BCUT2D eigenvalue weighted by Crippen LogP contribution is 2.23. The second-order valence-electron chi connectivity index (χ2n) is 5.08. The van der Waals surface area contributed by atoms with Gasteiger partial charge in [-0.15, -0.1) is 11.8 Å². The van der Waals surface area contributed by atoms with E-state index in [-0.39, 0.29) is 29.1 Å². The Kier molecular flexibility index (Phi) is 6.81. The standard InChI is InChI=1S/C17H16BrFN2O2S/c1-11-3-2-4-13(7-11)20-16(22)9-24-10-17(23)21-15-6-5-12(19)8-14(15)18/h2-8H,9-10H2,1H3,(H,20,22)(H,21,23). The first-order chi connectivity index (χ1) is 11.4. The molecule has 0 atom stereocenters. The van der Waals surface area contributed by atoms with E-state index in [1.54, 1.807) is 0 Å². The van der Waals surface area contributed by atoms with Crippen molar-refractivity contribution in [2.24, 2.45) is 0 Å². The van der Waals surface area contributed by atoms with Gasteiger partial charge in [0.25, 0.3) is 0 Å². The number of benzene rings is 2. The minimum absolute atomic E-state index is 0.130. The molecule has 2 N–H and O–H groups in total. The van der Waals surface area contributed by atoms with Gasteiger partial charge in [-0.2, -0.15) is 0 Å². The van der Waals surface area contributed by atoms with Gasteiger partial charge in [0.1, 0.15) is 5.82 Å². The summed E-state index contributed by atoms with van der Waals surface area (Å²) in [7, 11) is 0. The summed E-state index contributed by atoms with van der Waals surface area (Å²) in [6.45, 7) is 1.95. The summed E-state index contributed by atoms with van der Waals surface area (Å²) in [5, 5.41) is 5.44. The van der Waals surface area contributed by atoms with Crippen LogP contribution >= 0.6 is 27.7 Å². The van der Waals surface area contributed by atoms with E-state index in [0.29, 0.717) is 10.2 Å². The monoisotopic (exact) mass is 410 g/mol. The average Bonchev–Trinajstić information content (AvgIpc) is 2.50. The van der Waals surface area contributed by atoms with Crippen LogP contribution in [0.15, 0.2) is 46.9 Å². The van der Waals surface area contributed by atoms with E-state index < -0.39 is 0 Å². The Morgan fingerprint density at radius 2 is 1.79 bits per heavy atom. The third-order valence-corrected chi connectivity index (χ3v) is 4.56. The lowest BCUT2D eigenvalue weighted by Crippen LogP contribution is -2.18. The summed E-state index contributed by atoms with van der Waals surface area (Å²) < 4.78 is 13.5. The Morgan fingerprint density at radius 3 is 2.46 bits per heavy atom. The number of carbonyl (C=O) groups excluding carboxylic acids is 2. The number of nitrogens with one attached hydrogen (secondary N) is 2. The largest absolute Gasteiger partial charge is 0.325 e. The molecular weight excluding hydrogens is 395 g/mol. The number of carbonyl (C=O) groups is 2. The van der Waals surface area contributed by atoms with E-state index in [1.165, 1.54) is 30.0 Å². The molecule has 0 heterocycles. The first-order valence-corrected chi connectivity index (χ1v) is 9.08.